The lowest BCUT2D eigenvalue weighted by Gasteiger charge is -2.43. The van der Waals surface area contributed by atoms with E-state index in [2.05, 4.69) is 38.7 Å². The number of ether oxygens (including phenoxy) is 1. The summed E-state index contributed by atoms with van der Waals surface area (Å²) >= 11 is 1.38. The molecule has 2 aliphatic heterocycles. The van der Waals surface area contributed by atoms with E-state index < -0.39 is 0 Å². The molecule has 6 rings (SSSR count). The van der Waals surface area contributed by atoms with Gasteiger partial charge in [0.2, 0.25) is 0 Å². The van der Waals surface area contributed by atoms with Gasteiger partial charge in [0.05, 0.1) is 17.9 Å². The smallest absolute Gasteiger partial charge is 0.263 e. The number of carbonyl (C=O) groups excluding carboxylic acids is 1. The van der Waals surface area contributed by atoms with E-state index in [1.165, 1.54) is 28.2 Å². The largest absolute Gasteiger partial charge is 0.397 e. The third-order valence-corrected chi connectivity index (χ3v) is 8.15. The van der Waals surface area contributed by atoms with Crippen LogP contribution in [0.3, 0.4) is 0 Å². The number of carbonyl (C=O) groups is 1. The molecule has 2 aromatic heterocycles. The SMILES string of the molecule is Cc1ccc2c(N)c(C(=O)N[C@@H]3CCc4cc(N5CC6CNCC(C5)O6)ccc4C3)sc2n1. The van der Waals surface area contributed by atoms with E-state index in [4.69, 9.17) is 10.5 Å². The molecule has 1 aromatic carbocycles. The van der Waals surface area contributed by atoms with Crippen molar-refractivity contribution in [3.63, 3.8) is 0 Å². The molecule has 4 N–H and O–H groups in total. The van der Waals surface area contributed by atoms with E-state index in [0.717, 1.165) is 61.4 Å². The van der Waals surface area contributed by atoms with E-state index in [0.29, 0.717) is 10.6 Å². The number of nitrogens with one attached hydrogen (secondary N) is 2. The number of nitrogen functional groups attached to an aromatic ring is 1. The first-order valence-electron chi connectivity index (χ1n) is 11.7. The Bertz CT molecular complexity index is 1210. The van der Waals surface area contributed by atoms with Gasteiger partial charge in [-0.05, 0) is 61.6 Å². The Balaban J connectivity index is 1.15. The molecule has 2 fully saturated rings. The van der Waals surface area contributed by atoms with Gasteiger partial charge in [-0.1, -0.05) is 6.07 Å². The second-order valence-corrected chi connectivity index (χ2v) is 10.5. The summed E-state index contributed by atoms with van der Waals surface area (Å²) in [6, 6.07) is 10.8. The van der Waals surface area contributed by atoms with Crippen molar-refractivity contribution in [2.24, 2.45) is 0 Å². The molecule has 3 atom stereocenters. The number of benzene rings is 1. The highest BCUT2D eigenvalue weighted by molar-refractivity contribution is 7.21. The van der Waals surface area contributed by atoms with Crippen molar-refractivity contribution < 1.29 is 9.53 Å². The molecule has 7 nitrogen and oxygen atoms in total. The van der Waals surface area contributed by atoms with Gasteiger partial charge in [-0.2, -0.15) is 0 Å². The molecular formula is C25H29N5O2S. The molecule has 3 aromatic rings. The van der Waals surface area contributed by atoms with Crippen molar-refractivity contribution in [3.8, 4) is 0 Å². The van der Waals surface area contributed by atoms with Crippen molar-refractivity contribution in [2.45, 2.75) is 44.4 Å². The van der Waals surface area contributed by atoms with E-state index in [-0.39, 0.29) is 24.2 Å². The molecule has 172 valence electrons. The standard InChI is InChI=1S/C25H29N5O2S/c1-14-2-7-21-22(26)23(33-25(21)28-14)24(31)29-17-5-3-16-9-18(6-4-15(16)8-17)30-12-19-10-27-11-20(13-30)32-19/h2,4,6-7,9,17,19-20,27H,3,5,8,10-13,26H2,1H3,(H,29,31)/t17-,19?,20?/m1/s1. The fraction of sp³-hybridized carbons (Fsp3) is 0.440. The maximum absolute atomic E-state index is 13.0. The third-order valence-electron chi connectivity index (χ3n) is 7.03. The fourth-order valence-corrected chi connectivity index (χ4v) is 6.38. The molecule has 2 unspecified atom stereocenters. The van der Waals surface area contributed by atoms with Gasteiger partial charge >= 0.3 is 0 Å². The average Bonchev–Trinajstić information content (AvgIpc) is 3.14. The summed E-state index contributed by atoms with van der Waals surface area (Å²) in [5.41, 5.74) is 11.8. The lowest BCUT2D eigenvalue weighted by molar-refractivity contribution is -0.0483. The third kappa shape index (κ3) is 3.96. The Labute approximate surface area is 197 Å². The summed E-state index contributed by atoms with van der Waals surface area (Å²) in [4.78, 5) is 21.4. The summed E-state index contributed by atoms with van der Waals surface area (Å²) in [6.45, 7) is 5.68. The number of anilines is 2. The van der Waals surface area contributed by atoms with E-state index in [1.54, 1.807) is 0 Å². The lowest BCUT2D eigenvalue weighted by atomic mass is 9.87. The molecule has 33 heavy (non-hydrogen) atoms. The summed E-state index contributed by atoms with van der Waals surface area (Å²) in [5.74, 6) is -0.0910. The van der Waals surface area contributed by atoms with Gasteiger partial charge in [-0.15, -0.1) is 11.3 Å². The number of nitrogens with two attached hydrogens (primary N) is 1. The van der Waals surface area contributed by atoms with Crippen LogP contribution < -0.4 is 21.3 Å². The summed E-state index contributed by atoms with van der Waals surface area (Å²) in [6.07, 6.45) is 3.29. The maximum atomic E-state index is 13.0. The molecule has 8 heteroatoms. The number of rotatable bonds is 3. The molecule has 0 radical (unpaired) electrons. The summed E-state index contributed by atoms with van der Waals surface area (Å²) in [5, 5.41) is 7.55. The Morgan fingerprint density at radius 2 is 2.03 bits per heavy atom. The molecular weight excluding hydrogens is 434 g/mol. The molecule has 2 bridgehead atoms. The van der Waals surface area contributed by atoms with Crippen LogP contribution in [0.5, 0.6) is 0 Å². The molecule has 1 aliphatic carbocycles. The minimum absolute atomic E-state index is 0.0910. The Hall–Kier alpha value is -2.68. The van der Waals surface area contributed by atoms with E-state index >= 15 is 0 Å². The van der Waals surface area contributed by atoms with Crippen molar-refractivity contribution in [1.29, 1.82) is 0 Å². The first kappa shape index (κ1) is 20.9. The van der Waals surface area contributed by atoms with Gasteiger partial charge in [0.15, 0.2) is 0 Å². The lowest BCUT2D eigenvalue weighted by Crippen LogP contribution is -2.58. The highest BCUT2D eigenvalue weighted by atomic mass is 32.1. The van der Waals surface area contributed by atoms with Gasteiger partial charge in [0, 0.05) is 49.0 Å². The number of aromatic nitrogens is 1. The minimum Gasteiger partial charge on any atom is -0.397 e. The zero-order valence-electron chi connectivity index (χ0n) is 18.8. The van der Waals surface area contributed by atoms with Crippen molar-refractivity contribution in [3.05, 3.63) is 52.0 Å². The summed E-state index contributed by atoms with van der Waals surface area (Å²) in [7, 11) is 0. The molecule has 0 spiro atoms. The number of amides is 1. The number of aryl methyl sites for hydroxylation is 2. The Kier molecular flexibility index (Phi) is 5.24. The fourth-order valence-electron chi connectivity index (χ4n) is 5.34. The number of nitrogens with zero attached hydrogens (tertiary/aromatic N) is 2. The van der Waals surface area contributed by atoms with E-state index in [1.807, 2.05) is 19.1 Å². The topological polar surface area (TPSA) is 92.5 Å². The Morgan fingerprint density at radius 3 is 2.85 bits per heavy atom. The van der Waals surface area contributed by atoms with Crippen LogP contribution in [0.2, 0.25) is 0 Å². The average molecular weight is 464 g/mol. The van der Waals surface area contributed by atoms with Crippen LogP contribution in [0.4, 0.5) is 11.4 Å². The number of hydrogen-bond donors (Lipinski definition) is 3. The molecule has 0 saturated carbocycles. The number of pyridine rings is 1. The first-order chi connectivity index (χ1) is 16.0. The zero-order valence-corrected chi connectivity index (χ0v) is 19.6. The first-order valence-corrected chi connectivity index (χ1v) is 12.5. The number of morpholine rings is 2. The van der Waals surface area contributed by atoms with Gasteiger partial charge < -0.3 is 26.0 Å². The number of fused-ring (bicyclic) bond motifs is 4. The van der Waals surface area contributed by atoms with Crippen LogP contribution in [0.25, 0.3) is 10.2 Å². The number of hydrogen-bond acceptors (Lipinski definition) is 7. The van der Waals surface area contributed by atoms with Gasteiger partial charge in [0.25, 0.3) is 5.91 Å². The van der Waals surface area contributed by atoms with Crippen molar-refractivity contribution in [1.82, 2.24) is 15.6 Å². The highest BCUT2D eigenvalue weighted by Gasteiger charge is 2.32. The maximum Gasteiger partial charge on any atom is 0.263 e. The predicted molar refractivity (Wildman–Crippen MR) is 132 cm³/mol. The molecule has 4 heterocycles. The molecule has 2 saturated heterocycles. The van der Waals surface area contributed by atoms with Crippen LogP contribution in [0, 0.1) is 6.92 Å². The van der Waals surface area contributed by atoms with Crippen LogP contribution in [0.15, 0.2) is 30.3 Å². The predicted octanol–water partition coefficient (Wildman–Crippen LogP) is 2.65. The normalized spacial score (nSPS) is 24.5. The summed E-state index contributed by atoms with van der Waals surface area (Å²) < 4.78 is 6.05. The van der Waals surface area contributed by atoms with Crippen molar-refractivity contribution in [2.75, 3.05) is 36.8 Å². The minimum atomic E-state index is -0.0910. The van der Waals surface area contributed by atoms with Crippen LogP contribution in [0.1, 0.15) is 32.9 Å². The second-order valence-electron chi connectivity index (χ2n) is 9.46. The van der Waals surface area contributed by atoms with Gasteiger partial charge in [0.1, 0.15) is 9.71 Å². The number of thiophene rings is 1. The van der Waals surface area contributed by atoms with E-state index in [9.17, 15) is 4.79 Å². The van der Waals surface area contributed by atoms with Crippen molar-refractivity contribution >= 4 is 38.8 Å². The van der Waals surface area contributed by atoms with Gasteiger partial charge in [-0.3, -0.25) is 4.79 Å². The molecule has 3 aliphatic rings. The van der Waals surface area contributed by atoms with Crippen LogP contribution >= 0.6 is 11.3 Å². The van der Waals surface area contributed by atoms with Crippen LogP contribution in [-0.4, -0.2) is 55.3 Å². The highest BCUT2D eigenvalue weighted by Crippen LogP contribution is 2.33. The zero-order chi connectivity index (χ0) is 22.5. The second kappa shape index (κ2) is 8.27. The van der Waals surface area contributed by atoms with Crippen LogP contribution in [-0.2, 0) is 17.6 Å². The quantitative estimate of drug-likeness (QED) is 0.553. The van der Waals surface area contributed by atoms with Gasteiger partial charge in [-0.25, -0.2) is 4.98 Å². The molecule has 1 amide bonds. The Morgan fingerprint density at radius 1 is 1.21 bits per heavy atom. The monoisotopic (exact) mass is 463 g/mol.